The van der Waals surface area contributed by atoms with Crippen LogP contribution in [0.3, 0.4) is 0 Å². The summed E-state index contributed by atoms with van der Waals surface area (Å²) < 4.78 is 45.9. The number of benzene rings is 2. The van der Waals surface area contributed by atoms with Crippen molar-refractivity contribution in [1.29, 1.82) is 0 Å². The number of sulfonamides is 1. The molecule has 3 aromatic rings. The van der Waals surface area contributed by atoms with Crippen LogP contribution in [0.4, 0.5) is 0 Å². The van der Waals surface area contributed by atoms with Crippen LogP contribution in [-0.2, 0) is 27.8 Å². The van der Waals surface area contributed by atoms with E-state index in [0.29, 0.717) is 17.3 Å². The Morgan fingerprint density at radius 2 is 1.39 bits per heavy atom. The summed E-state index contributed by atoms with van der Waals surface area (Å²) >= 11 is 0. The number of nitrogens with zero attached hydrogens (tertiary/aromatic N) is 3. The first-order valence-electron chi connectivity index (χ1n) is 11.5. The molecule has 0 radical (unpaired) electrons. The molecule has 8 nitrogen and oxygen atoms in total. The molecule has 0 saturated carbocycles. The third-order valence-corrected chi connectivity index (χ3v) is 7.91. The largest absolute Gasteiger partial charge is 0.497 e. The van der Waals surface area contributed by atoms with E-state index in [4.69, 9.17) is 14.2 Å². The number of hydrogen-bond donors (Lipinski definition) is 0. The smallest absolute Gasteiger partial charge is 0.220 e. The first kappa shape index (κ1) is 27.3. The van der Waals surface area contributed by atoms with Crippen molar-refractivity contribution in [2.24, 2.45) is 0 Å². The molecule has 0 unspecified atom stereocenters. The van der Waals surface area contributed by atoms with Gasteiger partial charge in [0.05, 0.1) is 20.8 Å². The number of methoxy groups -OCH3 is 2. The lowest BCUT2D eigenvalue weighted by Gasteiger charge is -2.30. The highest BCUT2D eigenvalue weighted by Crippen LogP contribution is 2.29. The summed E-state index contributed by atoms with van der Waals surface area (Å²) in [6.45, 7) is 7.70. The molecule has 2 aromatic carbocycles. The maximum Gasteiger partial charge on any atom is 0.220 e. The zero-order valence-corrected chi connectivity index (χ0v) is 21.9. The van der Waals surface area contributed by atoms with Crippen LogP contribution in [0, 0.1) is 6.92 Å². The summed E-state index contributed by atoms with van der Waals surface area (Å²) in [5, 5.41) is -0.961. The number of ether oxygens (including phenoxy) is 3. The second-order valence-corrected chi connectivity index (χ2v) is 10.7. The molecule has 1 aromatic heterocycles. The van der Waals surface area contributed by atoms with E-state index in [1.165, 1.54) is 4.31 Å². The van der Waals surface area contributed by atoms with Crippen molar-refractivity contribution in [3.8, 4) is 11.5 Å². The van der Waals surface area contributed by atoms with E-state index in [2.05, 4.69) is 16.5 Å². The molecule has 1 heterocycles. The highest BCUT2D eigenvalue weighted by Gasteiger charge is 2.37. The van der Waals surface area contributed by atoms with Gasteiger partial charge >= 0.3 is 0 Å². The quantitative estimate of drug-likeness (QED) is 0.313. The second kappa shape index (κ2) is 12.6. The number of aryl methyl sites for hydroxylation is 1. The van der Waals surface area contributed by atoms with Crippen molar-refractivity contribution in [2.45, 2.75) is 38.3 Å². The SMILES string of the molecule is C=CCO[C@H](c1ncc(C)cn1)[C@@H](C)S(=O)(=O)N(Cc1ccc(OC)cc1)Cc1ccc(OC)cc1. The van der Waals surface area contributed by atoms with Crippen LogP contribution < -0.4 is 9.47 Å². The molecule has 0 spiro atoms. The van der Waals surface area contributed by atoms with E-state index in [9.17, 15) is 8.42 Å². The van der Waals surface area contributed by atoms with Gasteiger partial charge in [-0.2, -0.15) is 4.31 Å². The lowest BCUT2D eigenvalue weighted by molar-refractivity contribution is 0.0654. The van der Waals surface area contributed by atoms with Gasteiger partial charge in [0.15, 0.2) is 5.82 Å². The van der Waals surface area contributed by atoms with Crippen molar-refractivity contribution in [1.82, 2.24) is 14.3 Å². The van der Waals surface area contributed by atoms with Crippen LogP contribution >= 0.6 is 0 Å². The average molecular weight is 512 g/mol. The zero-order chi connectivity index (χ0) is 26.1. The maximum absolute atomic E-state index is 14.0. The number of rotatable bonds is 13. The molecule has 0 aliphatic carbocycles. The number of hydrogen-bond acceptors (Lipinski definition) is 7. The van der Waals surface area contributed by atoms with Gasteiger partial charge in [0.25, 0.3) is 0 Å². The molecule has 2 atom stereocenters. The summed E-state index contributed by atoms with van der Waals surface area (Å²) in [5.41, 5.74) is 2.53. The molecule has 0 aliphatic rings. The fourth-order valence-electron chi connectivity index (χ4n) is 3.64. The fourth-order valence-corrected chi connectivity index (χ4v) is 5.28. The highest BCUT2D eigenvalue weighted by molar-refractivity contribution is 7.89. The van der Waals surface area contributed by atoms with Crippen LogP contribution in [0.15, 0.2) is 73.6 Å². The van der Waals surface area contributed by atoms with Gasteiger partial charge in [0, 0.05) is 25.5 Å². The van der Waals surface area contributed by atoms with Gasteiger partial charge in [-0.05, 0) is 54.8 Å². The molecule has 9 heteroatoms. The third kappa shape index (κ3) is 6.90. The monoisotopic (exact) mass is 511 g/mol. The Kier molecular flexibility index (Phi) is 9.58. The first-order chi connectivity index (χ1) is 17.3. The molecule has 192 valence electrons. The van der Waals surface area contributed by atoms with Gasteiger partial charge in [0.1, 0.15) is 22.9 Å². The van der Waals surface area contributed by atoms with Crippen LogP contribution in [0.25, 0.3) is 0 Å². The molecular formula is C27H33N3O5S. The lowest BCUT2D eigenvalue weighted by Crippen LogP contribution is -2.40. The lowest BCUT2D eigenvalue weighted by atomic mass is 10.2. The predicted molar refractivity (Wildman–Crippen MR) is 139 cm³/mol. The molecule has 0 fully saturated rings. The topological polar surface area (TPSA) is 90.9 Å². The van der Waals surface area contributed by atoms with Gasteiger partial charge in [-0.3, -0.25) is 0 Å². The first-order valence-corrected chi connectivity index (χ1v) is 13.0. The van der Waals surface area contributed by atoms with Crippen LogP contribution in [0.5, 0.6) is 11.5 Å². The molecule has 0 aliphatic heterocycles. The summed E-state index contributed by atoms with van der Waals surface area (Å²) in [6.07, 6.45) is 4.01. The standard InChI is InChI=1S/C27H33N3O5S/c1-6-15-35-26(27-28-16-20(2)17-29-27)21(3)36(31,32)30(18-22-7-11-24(33-4)12-8-22)19-23-9-13-25(34-5)14-10-23/h6-14,16-17,21,26H,1,15,18-19H2,2-5H3/t21-,26+/m1/s1. The van der Waals surface area contributed by atoms with E-state index >= 15 is 0 Å². The van der Waals surface area contributed by atoms with Crippen LogP contribution in [0.2, 0.25) is 0 Å². The van der Waals surface area contributed by atoms with Gasteiger partial charge in [0.2, 0.25) is 10.0 Å². The Hall–Kier alpha value is -3.27. The summed E-state index contributed by atoms with van der Waals surface area (Å²) in [5.74, 6) is 1.71. The Balaban J connectivity index is 1.97. The molecule has 0 bridgehead atoms. The van der Waals surface area contributed by atoms with E-state index < -0.39 is 21.4 Å². The van der Waals surface area contributed by atoms with Gasteiger partial charge in [-0.15, -0.1) is 6.58 Å². The van der Waals surface area contributed by atoms with Crippen LogP contribution in [0.1, 0.15) is 35.5 Å². The molecule has 3 rings (SSSR count). The average Bonchev–Trinajstić information content (AvgIpc) is 2.90. The van der Waals surface area contributed by atoms with E-state index in [0.717, 1.165) is 16.7 Å². The Bertz CT molecular complexity index is 1160. The third-order valence-electron chi connectivity index (χ3n) is 5.74. The molecule has 0 amide bonds. The normalized spacial score (nSPS) is 13.2. The van der Waals surface area contributed by atoms with Crippen LogP contribution in [-0.4, -0.2) is 48.8 Å². The zero-order valence-electron chi connectivity index (χ0n) is 21.1. The Labute approximate surface area is 213 Å². The van der Waals surface area contributed by atoms with Gasteiger partial charge < -0.3 is 14.2 Å². The number of aromatic nitrogens is 2. The Morgan fingerprint density at radius 1 is 0.917 bits per heavy atom. The summed E-state index contributed by atoms with van der Waals surface area (Å²) in [6, 6.07) is 14.7. The summed E-state index contributed by atoms with van der Waals surface area (Å²) in [7, 11) is -0.703. The van der Waals surface area contributed by atoms with Crippen molar-refractivity contribution < 1.29 is 22.6 Å². The second-order valence-electron chi connectivity index (χ2n) is 8.38. The minimum absolute atomic E-state index is 0.165. The fraction of sp³-hybridized carbons (Fsp3) is 0.333. The molecular weight excluding hydrogens is 478 g/mol. The summed E-state index contributed by atoms with van der Waals surface area (Å²) in [4.78, 5) is 8.70. The van der Waals surface area contributed by atoms with E-state index in [1.807, 2.05) is 55.5 Å². The van der Waals surface area contributed by atoms with Gasteiger partial charge in [-0.25, -0.2) is 18.4 Å². The van der Waals surface area contributed by atoms with Crippen molar-refractivity contribution >= 4 is 10.0 Å². The minimum atomic E-state index is -3.89. The van der Waals surface area contributed by atoms with Crippen molar-refractivity contribution in [3.63, 3.8) is 0 Å². The van der Waals surface area contributed by atoms with E-state index in [1.54, 1.807) is 39.6 Å². The van der Waals surface area contributed by atoms with Crippen molar-refractivity contribution in [2.75, 3.05) is 20.8 Å². The maximum atomic E-state index is 14.0. The minimum Gasteiger partial charge on any atom is -0.497 e. The van der Waals surface area contributed by atoms with Crippen molar-refractivity contribution in [3.05, 3.63) is 96.1 Å². The highest BCUT2D eigenvalue weighted by atomic mass is 32.2. The predicted octanol–water partition coefficient (Wildman–Crippen LogP) is 4.47. The van der Waals surface area contributed by atoms with E-state index in [-0.39, 0.29) is 19.7 Å². The molecule has 36 heavy (non-hydrogen) atoms. The van der Waals surface area contributed by atoms with Gasteiger partial charge in [-0.1, -0.05) is 30.3 Å². The Morgan fingerprint density at radius 3 is 1.81 bits per heavy atom. The molecule has 0 saturated heterocycles. The molecule has 0 N–H and O–H groups in total.